The zero-order chi connectivity index (χ0) is 17.8. The average Bonchev–Trinajstić information content (AvgIpc) is 3.12. The number of morpholine rings is 1. The number of anilines is 1. The van der Waals surface area contributed by atoms with E-state index in [1.165, 1.54) is 0 Å². The lowest BCUT2D eigenvalue weighted by molar-refractivity contribution is -0.136. The standard InChI is InChI=1S/C20H22N4O2/c25-19(24-10-12-26-13-11-24)16(15-6-2-1-3-7-15)14-21-20-22-17-8-4-5-9-18(17)23-20/h1-9,16H,10-14H2,(H2,21,22,23). The van der Waals surface area contributed by atoms with Crippen molar-refractivity contribution in [3.05, 3.63) is 60.2 Å². The molecule has 1 saturated heterocycles. The number of benzene rings is 2. The van der Waals surface area contributed by atoms with E-state index in [9.17, 15) is 4.79 Å². The number of ether oxygens (including phenoxy) is 1. The number of hydrogen-bond acceptors (Lipinski definition) is 4. The van der Waals surface area contributed by atoms with Gasteiger partial charge in [0.25, 0.3) is 0 Å². The van der Waals surface area contributed by atoms with Gasteiger partial charge in [-0.05, 0) is 17.7 Å². The molecule has 1 fully saturated rings. The molecule has 0 radical (unpaired) electrons. The third-order valence-electron chi connectivity index (χ3n) is 4.69. The number of aromatic nitrogens is 2. The second-order valence-electron chi connectivity index (χ2n) is 6.38. The van der Waals surface area contributed by atoms with E-state index < -0.39 is 0 Å². The summed E-state index contributed by atoms with van der Waals surface area (Å²) in [5.74, 6) is 0.549. The highest BCUT2D eigenvalue weighted by Gasteiger charge is 2.27. The summed E-state index contributed by atoms with van der Waals surface area (Å²) in [6.07, 6.45) is 0. The molecular weight excluding hydrogens is 328 g/mol. The topological polar surface area (TPSA) is 70.2 Å². The predicted molar refractivity (Wildman–Crippen MR) is 101 cm³/mol. The minimum atomic E-state index is -0.262. The number of nitrogens with one attached hydrogen (secondary N) is 2. The summed E-state index contributed by atoms with van der Waals surface area (Å²) >= 11 is 0. The lowest BCUT2D eigenvalue weighted by atomic mass is 9.97. The third-order valence-corrected chi connectivity index (χ3v) is 4.69. The molecule has 2 aromatic carbocycles. The van der Waals surface area contributed by atoms with E-state index in [0.29, 0.717) is 38.8 Å². The molecule has 3 aromatic rings. The maximum Gasteiger partial charge on any atom is 0.232 e. The van der Waals surface area contributed by atoms with Crippen molar-refractivity contribution >= 4 is 22.9 Å². The normalized spacial score (nSPS) is 15.8. The van der Waals surface area contributed by atoms with Gasteiger partial charge in [-0.2, -0.15) is 0 Å². The number of rotatable bonds is 5. The van der Waals surface area contributed by atoms with Gasteiger partial charge in [-0.25, -0.2) is 4.98 Å². The molecule has 0 spiro atoms. The summed E-state index contributed by atoms with van der Waals surface area (Å²) in [6.45, 7) is 2.98. The molecule has 1 unspecified atom stereocenters. The number of para-hydroxylation sites is 2. The van der Waals surface area contributed by atoms with Gasteiger partial charge in [0.05, 0.1) is 30.2 Å². The summed E-state index contributed by atoms with van der Waals surface area (Å²) in [6, 6.07) is 17.8. The molecule has 1 aliphatic heterocycles. The van der Waals surface area contributed by atoms with Crippen molar-refractivity contribution in [2.75, 3.05) is 38.2 Å². The molecule has 134 valence electrons. The largest absolute Gasteiger partial charge is 0.378 e. The smallest absolute Gasteiger partial charge is 0.232 e. The number of fused-ring (bicyclic) bond motifs is 1. The molecule has 1 aromatic heterocycles. The van der Waals surface area contributed by atoms with E-state index in [-0.39, 0.29) is 11.8 Å². The molecule has 2 N–H and O–H groups in total. The van der Waals surface area contributed by atoms with Crippen molar-refractivity contribution in [2.45, 2.75) is 5.92 Å². The van der Waals surface area contributed by atoms with Crippen molar-refractivity contribution in [1.29, 1.82) is 0 Å². The van der Waals surface area contributed by atoms with Crippen molar-refractivity contribution in [3.63, 3.8) is 0 Å². The maximum absolute atomic E-state index is 13.1. The van der Waals surface area contributed by atoms with E-state index in [1.54, 1.807) is 0 Å². The first kappa shape index (κ1) is 16.6. The Kier molecular flexibility index (Phi) is 4.84. The first-order valence-electron chi connectivity index (χ1n) is 8.91. The van der Waals surface area contributed by atoms with E-state index in [0.717, 1.165) is 16.6 Å². The molecule has 0 aliphatic carbocycles. The van der Waals surface area contributed by atoms with Crippen LogP contribution in [0.4, 0.5) is 5.95 Å². The molecule has 2 heterocycles. The number of nitrogens with zero attached hydrogens (tertiary/aromatic N) is 2. The van der Waals surface area contributed by atoms with Crippen LogP contribution in [0, 0.1) is 0 Å². The Hall–Kier alpha value is -2.86. The molecule has 1 amide bonds. The summed E-state index contributed by atoms with van der Waals surface area (Å²) in [5.41, 5.74) is 2.89. The molecule has 0 bridgehead atoms. The van der Waals surface area contributed by atoms with Gasteiger partial charge < -0.3 is 19.9 Å². The Labute approximate surface area is 152 Å². The Morgan fingerprint density at radius 1 is 1.12 bits per heavy atom. The molecule has 6 heteroatoms. The van der Waals surface area contributed by atoms with E-state index in [1.807, 2.05) is 59.5 Å². The Morgan fingerprint density at radius 2 is 1.85 bits per heavy atom. The van der Waals surface area contributed by atoms with Gasteiger partial charge in [-0.1, -0.05) is 42.5 Å². The van der Waals surface area contributed by atoms with Gasteiger partial charge in [-0.3, -0.25) is 4.79 Å². The monoisotopic (exact) mass is 350 g/mol. The highest BCUT2D eigenvalue weighted by Crippen LogP contribution is 2.21. The molecule has 1 atom stereocenters. The number of carbonyl (C=O) groups excluding carboxylic acids is 1. The van der Waals surface area contributed by atoms with Crippen LogP contribution in [0.2, 0.25) is 0 Å². The van der Waals surface area contributed by atoms with Crippen LogP contribution in [-0.4, -0.2) is 53.6 Å². The van der Waals surface area contributed by atoms with Gasteiger partial charge in [0.2, 0.25) is 11.9 Å². The Bertz CT molecular complexity index is 839. The fraction of sp³-hybridized carbons (Fsp3) is 0.300. The highest BCUT2D eigenvalue weighted by molar-refractivity contribution is 5.84. The highest BCUT2D eigenvalue weighted by atomic mass is 16.5. The molecule has 0 saturated carbocycles. The number of hydrogen-bond donors (Lipinski definition) is 2. The van der Waals surface area contributed by atoms with Crippen LogP contribution in [0.1, 0.15) is 11.5 Å². The van der Waals surface area contributed by atoms with E-state index >= 15 is 0 Å². The summed E-state index contributed by atoms with van der Waals surface area (Å²) in [4.78, 5) is 22.8. The summed E-state index contributed by atoms with van der Waals surface area (Å²) < 4.78 is 5.37. The van der Waals surface area contributed by atoms with Gasteiger partial charge in [0, 0.05) is 19.6 Å². The maximum atomic E-state index is 13.1. The van der Waals surface area contributed by atoms with Crippen molar-refractivity contribution in [3.8, 4) is 0 Å². The van der Waals surface area contributed by atoms with Crippen LogP contribution in [0.25, 0.3) is 11.0 Å². The Morgan fingerprint density at radius 3 is 2.62 bits per heavy atom. The first-order chi connectivity index (χ1) is 12.8. The average molecular weight is 350 g/mol. The second kappa shape index (κ2) is 7.58. The van der Waals surface area contributed by atoms with Gasteiger partial charge >= 0.3 is 0 Å². The third kappa shape index (κ3) is 3.55. The van der Waals surface area contributed by atoms with Crippen LogP contribution >= 0.6 is 0 Å². The zero-order valence-corrected chi connectivity index (χ0v) is 14.5. The fourth-order valence-electron chi connectivity index (χ4n) is 3.27. The number of carbonyl (C=O) groups is 1. The van der Waals surface area contributed by atoms with Gasteiger partial charge in [-0.15, -0.1) is 0 Å². The lowest BCUT2D eigenvalue weighted by Crippen LogP contribution is -2.44. The van der Waals surface area contributed by atoms with Crippen molar-refractivity contribution < 1.29 is 9.53 Å². The second-order valence-corrected chi connectivity index (χ2v) is 6.38. The molecule has 1 aliphatic rings. The van der Waals surface area contributed by atoms with E-state index in [2.05, 4.69) is 15.3 Å². The summed E-state index contributed by atoms with van der Waals surface area (Å²) in [7, 11) is 0. The zero-order valence-electron chi connectivity index (χ0n) is 14.5. The Balaban J connectivity index is 1.53. The quantitative estimate of drug-likeness (QED) is 0.742. The van der Waals surface area contributed by atoms with Crippen LogP contribution in [0.3, 0.4) is 0 Å². The molecule has 26 heavy (non-hydrogen) atoms. The van der Waals surface area contributed by atoms with Gasteiger partial charge in [0.1, 0.15) is 0 Å². The molecular formula is C20H22N4O2. The lowest BCUT2D eigenvalue weighted by Gasteiger charge is -2.30. The molecule has 4 rings (SSSR count). The fourth-order valence-corrected chi connectivity index (χ4v) is 3.27. The van der Waals surface area contributed by atoms with Crippen LogP contribution < -0.4 is 5.32 Å². The minimum Gasteiger partial charge on any atom is -0.378 e. The van der Waals surface area contributed by atoms with E-state index in [4.69, 9.17) is 4.74 Å². The van der Waals surface area contributed by atoms with Crippen LogP contribution in [0.15, 0.2) is 54.6 Å². The summed E-state index contributed by atoms with van der Waals surface area (Å²) in [5, 5.41) is 3.31. The minimum absolute atomic E-state index is 0.128. The number of aromatic amines is 1. The molecule has 6 nitrogen and oxygen atoms in total. The van der Waals surface area contributed by atoms with Crippen molar-refractivity contribution in [2.24, 2.45) is 0 Å². The number of imidazole rings is 1. The first-order valence-corrected chi connectivity index (χ1v) is 8.91. The predicted octanol–water partition coefficient (Wildman–Crippen LogP) is 2.62. The number of H-pyrrole nitrogens is 1. The SMILES string of the molecule is O=C(C(CNc1nc2ccccc2[nH]1)c1ccccc1)N1CCOCC1. The number of amides is 1. The van der Waals surface area contributed by atoms with Crippen molar-refractivity contribution in [1.82, 2.24) is 14.9 Å². The van der Waals surface area contributed by atoms with Gasteiger partial charge in [0.15, 0.2) is 0 Å². The van der Waals surface area contributed by atoms with Crippen LogP contribution in [0.5, 0.6) is 0 Å². The van der Waals surface area contributed by atoms with Crippen LogP contribution in [-0.2, 0) is 9.53 Å².